The van der Waals surface area contributed by atoms with Crippen LogP contribution in [-0.4, -0.2) is 9.97 Å². The predicted octanol–water partition coefficient (Wildman–Crippen LogP) is 10.9. The van der Waals surface area contributed by atoms with Gasteiger partial charge in [-0.1, -0.05) is 116 Å². The van der Waals surface area contributed by atoms with E-state index in [0.29, 0.717) is 0 Å². The Hall–Kier alpha value is -7.04. The summed E-state index contributed by atoms with van der Waals surface area (Å²) in [5.74, 6) is 0. The lowest BCUT2D eigenvalue weighted by Crippen LogP contribution is -2.30. The summed E-state index contributed by atoms with van der Waals surface area (Å²) in [4.78, 5) is 13.3. The Labute approximate surface area is 317 Å². The molecule has 0 spiro atoms. The first-order valence-corrected chi connectivity index (χ1v) is 18.3. The highest BCUT2D eigenvalue weighted by molar-refractivity contribution is 5.84. The summed E-state index contributed by atoms with van der Waals surface area (Å²) in [6.07, 6.45) is 22.1. The number of hydrogen-bond donors (Lipinski definition) is 0. The van der Waals surface area contributed by atoms with Gasteiger partial charge in [0.2, 0.25) is 0 Å². The number of benzene rings is 5. The zero-order valence-corrected chi connectivity index (χ0v) is 30.0. The predicted molar refractivity (Wildman–Crippen MR) is 226 cm³/mol. The lowest BCUT2D eigenvalue weighted by atomic mass is 9.88. The van der Waals surface area contributed by atoms with Crippen LogP contribution in [0.15, 0.2) is 201 Å². The number of nitrogens with zero attached hydrogens (tertiary/aromatic N) is 4. The summed E-state index contributed by atoms with van der Waals surface area (Å²) in [5, 5.41) is 2.44. The van der Waals surface area contributed by atoms with Crippen LogP contribution < -0.4 is 20.2 Å². The van der Waals surface area contributed by atoms with E-state index in [-0.39, 0.29) is 0 Å². The van der Waals surface area contributed by atoms with Gasteiger partial charge in [0, 0.05) is 35.1 Å². The molecule has 0 radical (unpaired) electrons. The van der Waals surface area contributed by atoms with E-state index in [1.807, 2.05) is 55.1 Å². The van der Waals surface area contributed by atoms with Crippen molar-refractivity contribution in [2.24, 2.45) is 0 Å². The third-order valence-corrected chi connectivity index (χ3v) is 9.71. The molecule has 0 fully saturated rings. The Morgan fingerprint density at radius 1 is 0.593 bits per heavy atom. The Bertz CT molecular complexity index is 2450. The van der Waals surface area contributed by atoms with Crippen LogP contribution >= 0.6 is 0 Å². The van der Waals surface area contributed by atoms with Crippen molar-refractivity contribution in [2.75, 3.05) is 9.80 Å². The second-order valence-corrected chi connectivity index (χ2v) is 13.1. The van der Waals surface area contributed by atoms with Gasteiger partial charge in [0.15, 0.2) is 0 Å². The lowest BCUT2D eigenvalue weighted by molar-refractivity contribution is 1.18. The van der Waals surface area contributed by atoms with Crippen molar-refractivity contribution in [3.05, 3.63) is 234 Å². The first kappa shape index (κ1) is 34.1. The number of rotatable bonds is 11. The van der Waals surface area contributed by atoms with Crippen LogP contribution in [0.5, 0.6) is 0 Å². The molecule has 2 aromatic heterocycles. The van der Waals surface area contributed by atoms with Crippen molar-refractivity contribution >= 4 is 51.8 Å². The maximum Gasteiger partial charge on any atom is 0.0644 e. The van der Waals surface area contributed by atoms with Crippen molar-refractivity contribution in [3.63, 3.8) is 0 Å². The molecule has 260 valence electrons. The Balaban J connectivity index is 1.18. The molecule has 0 unspecified atom stereocenters. The van der Waals surface area contributed by atoms with E-state index in [1.54, 1.807) is 0 Å². The number of pyridine rings is 2. The second kappa shape index (κ2) is 16.1. The molecule has 0 bridgehead atoms. The minimum absolute atomic E-state index is 0.774. The van der Waals surface area contributed by atoms with Crippen LogP contribution in [0, 0.1) is 0 Å². The molecule has 0 saturated carbocycles. The van der Waals surface area contributed by atoms with E-state index >= 15 is 0 Å². The average Bonchev–Trinajstić information content (AvgIpc) is 3.24. The average molecular weight is 697 g/mol. The number of allylic oxidation sites excluding steroid dienone is 4. The fourth-order valence-electron chi connectivity index (χ4n) is 7.17. The second-order valence-electron chi connectivity index (χ2n) is 13.1. The van der Waals surface area contributed by atoms with Gasteiger partial charge in [-0.2, -0.15) is 0 Å². The molecule has 5 aromatic carbocycles. The molecule has 0 aliphatic heterocycles. The fraction of sp³-hybridized carbons (Fsp3) is 0.0400. The van der Waals surface area contributed by atoms with Crippen LogP contribution in [0.3, 0.4) is 0 Å². The van der Waals surface area contributed by atoms with Crippen molar-refractivity contribution in [3.8, 4) is 0 Å². The lowest BCUT2D eigenvalue weighted by Gasteiger charge is -2.25. The standard InChI is InChI=1S/C50H40N4/c1-2-13-39-27-33-50(49-21-10-9-20-47(39)49)48(40-25-30-44(31-26-40)54(42-16-7-4-8-17-42)46-19-12-35-52-37-46)32-24-38-22-28-43(29-23-38)53(41-14-5-3-6-15-41)45-18-11-34-51-36-45/h2-20,22-23,25-37H,1,21,24H2/b39-13-,48-32-. The molecule has 0 amide bonds. The highest BCUT2D eigenvalue weighted by atomic mass is 15.2. The van der Waals surface area contributed by atoms with E-state index < -0.39 is 0 Å². The molecule has 2 heterocycles. The van der Waals surface area contributed by atoms with Crippen LogP contribution in [0.2, 0.25) is 0 Å². The zero-order valence-electron chi connectivity index (χ0n) is 30.0. The Morgan fingerprint density at radius 2 is 1.15 bits per heavy atom. The number of para-hydroxylation sites is 2. The monoisotopic (exact) mass is 696 g/mol. The van der Waals surface area contributed by atoms with Crippen LogP contribution in [-0.2, 0) is 12.8 Å². The molecule has 0 N–H and O–H groups in total. The van der Waals surface area contributed by atoms with Crippen molar-refractivity contribution in [2.45, 2.75) is 12.8 Å². The quantitative estimate of drug-likeness (QED) is 0.135. The van der Waals surface area contributed by atoms with Crippen molar-refractivity contribution in [1.82, 2.24) is 9.97 Å². The molecule has 0 saturated heterocycles. The maximum absolute atomic E-state index is 4.43. The van der Waals surface area contributed by atoms with Crippen LogP contribution in [0.4, 0.5) is 34.1 Å². The van der Waals surface area contributed by atoms with Crippen LogP contribution in [0.1, 0.15) is 22.3 Å². The molecule has 4 heteroatoms. The van der Waals surface area contributed by atoms with Crippen molar-refractivity contribution < 1.29 is 0 Å². The summed E-state index contributed by atoms with van der Waals surface area (Å²) >= 11 is 0. The van der Waals surface area contributed by atoms with Gasteiger partial charge in [0.05, 0.1) is 23.8 Å². The number of anilines is 6. The number of hydrogen-bond acceptors (Lipinski definition) is 4. The van der Waals surface area contributed by atoms with Gasteiger partial charge in [0.1, 0.15) is 0 Å². The Kier molecular flexibility index (Phi) is 10.2. The molecule has 8 rings (SSSR count). The topological polar surface area (TPSA) is 32.3 Å². The molecule has 0 atom stereocenters. The first-order valence-electron chi connectivity index (χ1n) is 18.3. The summed E-state index contributed by atoms with van der Waals surface area (Å²) in [6.45, 7) is 3.98. The fourth-order valence-corrected chi connectivity index (χ4v) is 7.17. The smallest absolute Gasteiger partial charge is 0.0644 e. The van der Waals surface area contributed by atoms with Gasteiger partial charge in [-0.25, -0.2) is 0 Å². The molecular weight excluding hydrogens is 657 g/mol. The largest absolute Gasteiger partial charge is 0.309 e. The summed E-state index contributed by atoms with van der Waals surface area (Å²) in [6, 6.07) is 51.3. The highest BCUT2D eigenvalue weighted by Crippen LogP contribution is 2.37. The highest BCUT2D eigenvalue weighted by Gasteiger charge is 2.17. The maximum atomic E-state index is 4.43. The van der Waals surface area contributed by atoms with E-state index in [9.17, 15) is 0 Å². The van der Waals surface area contributed by atoms with Gasteiger partial charge in [-0.15, -0.1) is 0 Å². The van der Waals surface area contributed by atoms with Gasteiger partial charge < -0.3 is 9.80 Å². The minimum atomic E-state index is 0.774. The van der Waals surface area contributed by atoms with E-state index in [1.165, 1.54) is 38.3 Å². The van der Waals surface area contributed by atoms with E-state index in [4.69, 9.17) is 0 Å². The summed E-state index contributed by atoms with van der Waals surface area (Å²) in [5.41, 5.74) is 12.5. The summed E-state index contributed by atoms with van der Waals surface area (Å²) in [7, 11) is 0. The van der Waals surface area contributed by atoms with Gasteiger partial charge in [-0.3, -0.25) is 9.97 Å². The molecule has 7 aromatic rings. The Morgan fingerprint density at radius 3 is 1.70 bits per heavy atom. The molecular formula is C50H40N4. The van der Waals surface area contributed by atoms with Gasteiger partial charge in [0.25, 0.3) is 0 Å². The first-order chi connectivity index (χ1) is 26.8. The van der Waals surface area contributed by atoms with Gasteiger partial charge in [-0.05, 0) is 124 Å². The molecule has 4 nitrogen and oxygen atoms in total. The van der Waals surface area contributed by atoms with E-state index in [2.05, 4.69) is 178 Å². The minimum Gasteiger partial charge on any atom is -0.309 e. The number of fused-ring (bicyclic) bond motifs is 1. The van der Waals surface area contributed by atoms with E-state index in [0.717, 1.165) is 47.0 Å². The zero-order chi connectivity index (χ0) is 36.5. The summed E-state index contributed by atoms with van der Waals surface area (Å²) < 4.78 is 0. The SMILES string of the molecule is C=C/C=c1/ccc(/C(=C\Cc2ccc(N(c3ccccc3)c3cccnc3)cc2)c2ccc(N(c3ccccc3)c3cccnc3)cc2)c2c1=CC=CC2. The molecule has 1 aliphatic carbocycles. The third-order valence-electron chi connectivity index (χ3n) is 9.71. The van der Waals surface area contributed by atoms with Crippen LogP contribution in [0.25, 0.3) is 17.7 Å². The number of aromatic nitrogens is 2. The van der Waals surface area contributed by atoms with Crippen molar-refractivity contribution in [1.29, 1.82) is 0 Å². The molecule has 54 heavy (non-hydrogen) atoms. The third kappa shape index (κ3) is 7.32. The normalized spacial score (nSPS) is 12.4. The molecule has 1 aliphatic rings. The van der Waals surface area contributed by atoms with Gasteiger partial charge >= 0.3 is 0 Å².